The molecule has 5 nitrogen and oxygen atoms in total. The Kier molecular flexibility index (Phi) is 9.33. The lowest BCUT2D eigenvalue weighted by Gasteiger charge is -2.27. The van der Waals surface area contributed by atoms with E-state index in [1.54, 1.807) is 6.08 Å². The lowest BCUT2D eigenvalue weighted by Crippen LogP contribution is -2.43. The smallest absolute Gasteiger partial charge is 0.242 e. The van der Waals surface area contributed by atoms with Gasteiger partial charge in [-0.3, -0.25) is 4.79 Å². The van der Waals surface area contributed by atoms with E-state index in [-0.39, 0.29) is 36.4 Å². The first kappa shape index (κ1) is 16.6. The van der Waals surface area contributed by atoms with Crippen molar-refractivity contribution in [1.82, 2.24) is 10.2 Å². The van der Waals surface area contributed by atoms with E-state index in [4.69, 9.17) is 5.73 Å². The lowest BCUT2D eigenvalue weighted by molar-refractivity contribution is -0.119. The summed E-state index contributed by atoms with van der Waals surface area (Å²) in [6.45, 7) is 5.89. The average Bonchev–Trinajstić information content (AvgIpc) is 2.34. The van der Waals surface area contributed by atoms with Gasteiger partial charge in [0, 0.05) is 31.1 Å². The minimum Gasteiger partial charge on any atom is -0.370 e. The largest absolute Gasteiger partial charge is 0.370 e. The topological polar surface area (TPSA) is 70.7 Å². The molecule has 1 aliphatic heterocycles. The summed E-state index contributed by atoms with van der Waals surface area (Å²) >= 11 is 1.91. The first-order chi connectivity index (χ1) is 7.74. The van der Waals surface area contributed by atoms with E-state index in [1.165, 1.54) is 0 Å². The number of guanidine groups is 1. The maximum atomic E-state index is 11.2. The molecule has 0 aliphatic carbocycles. The number of hydrogen-bond acceptors (Lipinski definition) is 3. The fraction of sp³-hybridized carbons (Fsp3) is 0.600. The quantitative estimate of drug-likeness (QED) is 0.323. The van der Waals surface area contributed by atoms with Gasteiger partial charge in [-0.1, -0.05) is 6.08 Å². The summed E-state index contributed by atoms with van der Waals surface area (Å²) in [6, 6.07) is 0. The van der Waals surface area contributed by atoms with Gasteiger partial charge in [0.05, 0.1) is 0 Å². The second kappa shape index (κ2) is 9.58. The van der Waals surface area contributed by atoms with E-state index >= 15 is 0 Å². The average molecular weight is 370 g/mol. The van der Waals surface area contributed by atoms with Crippen molar-refractivity contribution in [2.45, 2.75) is 0 Å². The van der Waals surface area contributed by atoms with Gasteiger partial charge in [0.1, 0.15) is 6.54 Å². The molecule has 3 N–H and O–H groups in total. The Morgan fingerprint density at radius 1 is 1.53 bits per heavy atom. The Hall–Kier alpha value is -0.440. The number of carbonyl (C=O) groups excluding carboxylic acids is 1. The van der Waals surface area contributed by atoms with E-state index in [0.717, 1.165) is 24.6 Å². The van der Waals surface area contributed by atoms with Crippen molar-refractivity contribution < 1.29 is 4.79 Å². The highest BCUT2D eigenvalue weighted by molar-refractivity contribution is 14.0. The van der Waals surface area contributed by atoms with Crippen molar-refractivity contribution in [2.24, 2.45) is 10.7 Å². The molecule has 0 radical (unpaired) electrons. The van der Waals surface area contributed by atoms with Crippen molar-refractivity contribution in [3.05, 3.63) is 12.7 Å². The van der Waals surface area contributed by atoms with Crippen molar-refractivity contribution in [1.29, 1.82) is 0 Å². The molecule has 1 fully saturated rings. The maximum Gasteiger partial charge on any atom is 0.242 e. The summed E-state index contributed by atoms with van der Waals surface area (Å²) in [6.07, 6.45) is 1.63. The molecule has 7 heteroatoms. The summed E-state index contributed by atoms with van der Waals surface area (Å²) in [7, 11) is 0. The molecule has 0 aromatic rings. The lowest BCUT2D eigenvalue weighted by atomic mass is 10.5. The van der Waals surface area contributed by atoms with Gasteiger partial charge in [0.25, 0.3) is 0 Å². The van der Waals surface area contributed by atoms with Crippen LogP contribution in [-0.4, -0.2) is 54.5 Å². The zero-order chi connectivity index (χ0) is 11.8. The number of rotatable bonds is 4. The summed E-state index contributed by atoms with van der Waals surface area (Å²) in [5.41, 5.74) is 5.79. The van der Waals surface area contributed by atoms with Crippen LogP contribution in [0.4, 0.5) is 0 Å². The minimum absolute atomic E-state index is 0. The van der Waals surface area contributed by atoms with Gasteiger partial charge in [-0.05, 0) is 0 Å². The van der Waals surface area contributed by atoms with Gasteiger partial charge in [-0.2, -0.15) is 11.8 Å². The number of nitrogens with zero attached hydrogens (tertiary/aromatic N) is 2. The van der Waals surface area contributed by atoms with Crippen LogP contribution in [0, 0.1) is 0 Å². The van der Waals surface area contributed by atoms with Gasteiger partial charge < -0.3 is 16.0 Å². The third-order valence-electron chi connectivity index (χ3n) is 2.16. The Labute approximate surface area is 123 Å². The van der Waals surface area contributed by atoms with Crippen molar-refractivity contribution >= 4 is 47.6 Å². The molecular formula is C10H19IN4OS. The van der Waals surface area contributed by atoms with E-state index < -0.39 is 0 Å². The molecule has 1 amide bonds. The predicted molar refractivity (Wildman–Crippen MR) is 84.0 cm³/mol. The molecule has 0 aromatic carbocycles. The zero-order valence-corrected chi connectivity index (χ0v) is 12.9. The number of thioether (sulfide) groups is 1. The molecule has 1 rings (SSSR count). The number of hydrogen-bond donors (Lipinski definition) is 2. The third-order valence-corrected chi connectivity index (χ3v) is 3.11. The van der Waals surface area contributed by atoms with E-state index in [2.05, 4.69) is 16.9 Å². The van der Waals surface area contributed by atoms with Crippen LogP contribution in [0.3, 0.4) is 0 Å². The van der Waals surface area contributed by atoms with E-state index in [0.29, 0.717) is 12.5 Å². The normalized spacial score (nSPS) is 16.0. The molecule has 98 valence electrons. The van der Waals surface area contributed by atoms with Crippen LogP contribution in [0.5, 0.6) is 0 Å². The van der Waals surface area contributed by atoms with E-state index in [9.17, 15) is 4.79 Å². The Balaban J connectivity index is 0.00000256. The SMILES string of the molecule is C=CCNC(=O)CN=C(N)N1CCSCC1.I. The van der Waals surface area contributed by atoms with Gasteiger partial charge in [-0.15, -0.1) is 30.6 Å². The molecule has 0 spiro atoms. The highest BCUT2D eigenvalue weighted by Gasteiger charge is 2.12. The maximum absolute atomic E-state index is 11.2. The molecule has 0 atom stereocenters. The summed E-state index contributed by atoms with van der Waals surface area (Å²) < 4.78 is 0. The predicted octanol–water partition coefficient (Wildman–Crippen LogP) is 0.270. The third kappa shape index (κ3) is 6.77. The summed E-state index contributed by atoms with van der Waals surface area (Å²) in [4.78, 5) is 17.3. The molecule has 1 saturated heterocycles. The molecule has 1 heterocycles. The molecule has 0 saturated carbocycles. The molecule has 17 heavy (non-hydrogen) atoms. The Morgan fingerprint density at radius 2 is 2.18 bits per heavy atom. The molecule has 0 bridgehead atoms. The summed E-state index contributed by atoms with van der Waals surface area (Å²) in [5.74, 6) is 2.47. The fourth-order valence-corrected chi connectivity index (χ4v) is 2.19. The number of aliphatic imine (C=N–C) groups is 1. The number of nitrogens with two attached hydrogens (primary N) is 1. The van der Waals surface area contributed by atoms with Crippen LogP contribution in [0.1, 0.15) is 0 Å². The standard InChI is InChI=1S/C10H18N4OS.HI/c1-2-3-12-9(15)8-13-10(11)14-4-6-16-7-5-14;/h2H,1,3-8H2,(H2,11,13)(H,12,15);1H. The van der Waals surface area contributed by atoms with Crippen LogP contribution in [0.15, 0.2) is 17.6 Å². The number of amides is 1. The first-order valence-electron chi connectivity index (χ1n) is 5.24. The van der Waals surface area contributed by atoms with Gasteiger partial charge in [-0.25, -0.2) is 4.99 Å². The molecule has 0 unspecified atom stereocenters. The number of nitrogens with one attached hydrogen (secondary N) is 1. The van der Waals surface area contributed by atoms with Gasteiger partial charge >= 0.3 is 0 Å². The Bertz CT molecular complexity index is 279. The van der Waals surface area contributed by atoms with Crippen molar-refractivity contribution in [3.63, 3.8) is 0 Å². The van der Waals surface area contributed by atoms with Gasteiger partial charge in [0.15, 0.2) is 5.96 Å². The zero-order valence-electron chi connectivity index (χ0n) is 9.72. The fourth-order valence-electron chi connectivity index (χ4n) is 1.29. The number of carbonyl (C=O) groups is 1. The van der Waals surface area contributed by atoms with Crippen molar-refractivity contribution in [2.75, 3.05) is 37.7 Å². The molecule has 1 aliphatic rings. The van der Waals surface area contributed by atoms with Crippen LogP contribution in [0.25, 0.3) is 0 Å². The minimum atomic E-state index is -0.130. The Morgan fingerprint density at radius 3 is 2.76 bits per heavy atom. The van der Waals surface area contributed by atoms with Crippen LogP contribution in [0.2, 0.25) is 0 Å². The first-order valence-corrected chi connectivity index (χ1v) is 6.39. The van der Waals surface area contributed by atoms with Crippen molar-refractivity contribution in [3.8, 4) is 0 Å². The van der Waals surface area contributed by atoms with Crippen LogP contribution < -0.4 is 11.1 Å². The second-order valence-corrected chi connectivity index (χ2v) is 4.59. The summed E-state index contributed by atoms with van der Waals surface area (Å²) in [5, 5.41) is 2.65. The number of halogens is 1. The molecule has 0 aromatic heterocycles. The monoisotopic (exact) mass is 370 g/mol. The van der Waals surface area contributed by atoms with Gasteiger partial charge in [0.2, 0.25) is 5.91 Å². The highest BCUT2D eigenvalue weighted by Crippen LogP contribution is 2.08. The molecular weight excluding hydrogens is 351 g/mol. The highest BCUT2D eigenvalue weighted by atomic mass is 127. The van der Waals surface area contributed by atoms with E-state index in [1.807, 2.05) is 16.7 Å². The van der Waals surface area contributed by atoms with Crippen LogP contribution in [-0.2, 0) is 4.79 Å². The second-order valence-electron chi connectivity index (χ2n) is 3.37. The van der Waals surface area contributed by atoms with Crippen LogP contribution >= 0.6 is 35.7 Å².